The molecule has 0 bridgehead atoms. The average Bonchev–Trinajstić information content (AvgIpc) is 2.53. The first kappa shape index (κ1) is 15.8. The molecule has 0 aliphatic heterocycles. The zero-order valence-electron chi connectivity index (χ0n) is 13.0. The molecule has 0 saturated carbocycles. The van der Waals surface area contributed by atoms with Crippen LogP contribution >= 0.6 is 0 Å². The zero-order chi connectivity index (χ0) is 15.9. The number of anilines is 3. The average molecular weight is 300 g/mol. The van der Waals surface area contributed by atoms with E-state index in [-0.39, 0.29) is 0 Å². The van der Waals surface area contributed by atoms with Crippen LogP contribution in [-0.4, -0.2) is 29.6 Å². The Labute approximate surface area is 129 Å². The number of para-hydroxylation sites is 1. The number of hydrogen-bond acceptors (Lipinski definition) is 6. The predicted molar refractivity (Wildman–Crippen MR) is 86.4 cm³/mol. The Morgan fingerprint density at radius 2 is 2.05 bits per heavy atom. The summed E-state index contributed by atoms with van der Waals surface area (Å²) in [6.07, 6.45) is 1.67. The highest BCUT2D eigenvalue weighted by molar-refractivity contribution is 5.96. The fourth-order valence-electron chi connectivity index (χ4n) is 1.83. The molecule has 0 atom stereocenters. The van der Waals surface area contributed by atoms with Crippen LogP contribution in [0.15, 0.2) is 36.5 Å². The van der Waals surface area contributed by atoms with Crippen LogP contribution in [0, 0.1) is 5.92 Å². The third kappa shape index (κ3) is 4.18. The molecule has 0 amide bonds. The number of benzene rings is 1. The molecule has 0 aliphatic carbocycles. The van der Waals surface area contributed by atoms with E-state index in [2.05, 4.69) is 34.4 Å². The van der Waals surface area contributed by atoms with E-state index in [1.807, 2.05) is 6.07 Å². The minimum absolute atomic E-state index is 0.393. The van der Waals surface area contributed by atoms with Crippen molar-refractivity contribution >= 4 is 23.4 Å². The number of nitrogens with one attached hydrogen (secondary N) is 2. The molecule has 1 aromatic carbocycles. The Hall–Kier alpha value is -2.63. The monoisotopic (exact) mass is 300 g/mol. The number of methoxy groups -OCH3 is 1. The summed E-state index contributed by atoms with van der Waals surface area (Å²) in [5.41, 5.74) is 1.10. The highest BCUT2D eigenvalue weighted by atomic mass is 16.5. The van der Waals surface area contributed by atoms with Gasteiger partial charge in [0.2, 0.25) is 5.95 Å². The van der Waals surface area contributed by atoms with Gasteiger partial charge in [0, 0.05) is 12.7 Å². The van der Waals surface area contributed by atoms with Gasteiger partial charge in [-0.1, -0.05) is 26.0 Å². The van der Waals surface area contributed by atoms with E-state index in [9.17, 15) is 4.79 Å². The van der Waals surface area contributed by atoms with Gasteiger partial charge in [-0.05, 0) is 24.1 Å². The molecule has 2 N–H and O–H groups in total. The summed E-state index contributed by atoms with van der Waals surface area (Å²) < 4.78 is 4.78. The maximum atomic E-state index is 11.8. The van der Waals surface area contributed by atoms with Crippen molar-refractivity contribution in [2.24, 2.45) is 5.92 Å². The van der Waals surface area contributed by atoms with Gasteiger partial charge in [-0.2, -0.15) is 4.98 Å². The van der Waals surface area contributed by atoms with Crippen LogP contribution in [0.4, 0.5) is 17.5 Å². The molecule has 0 spiro atoms. The van der Waals surface area contributed by atoms with Gasteiger partial charge in [0.1, 0.15) is 5.82 Å². The SMILES string of the molecule is COC(=O)c1ccccc1Nc1ccnc(NCC(C)C)n1. The summed E-state index contributed by atoms with van der Waals surface area (Å²) in [6, 6.07) is 8.87. The van der Waals surface area contributed by atoms with Crippen LogP contribution in [0.25, 0.3) is 0 Å². The topological polar surface area (TPSA) is 76.1 Å². The summed E-state index contributed by atoms with van der Waals surface area (Å²) in [5, 5.41) is 6.29. The molecule has 2 rings (SSSR count). The molecule has 0 radical (unpaired) electrons. The van der Waals surface area contributed by atoms with Crippen molar-refractivity contribution in [1.82, 2.24) is 9.97 Å². The molecule has 1 heterocycles. The summed E-state index contributed by atoms with van der Waals surface area (Å²) >= 11 is 0. The number of carbonyl (C=O) groups is 1. The number of hydrogen-bond donors (Lipinski definition) is 2. The zero-order valence-corrected chi connectivity index (χ0v) is 13.0. The first-order valence-electron chi connectivity index (χ1n) is 7.11. The maximum Gasteiger partial charge on any atom is 0.339 e. The Balaban J connectivity index is 2.17. The van der Waals surface area contributed by atoms with E-state index >= 15 is 0 Å². The molecule has 22 heavy (non-hydrogen) atoms. The second-order valence-corrected chi connectivity index (χ2v) is 5.20. The van der Waals surface area contributed by atoms with E-state index in [0.29, 0.717) is 28.9 Å². The first-order chi connectivity index (χ1) is 10.6. The molecule has 6 heteroatoms. The smallest absolute Gasteiger partial charge is 0.339 e. The largest absolute Gasteiger partial charge is 0.465 e. The fraction of sp³-hybridized carbons (Fsp3) is 0.312. The van der Waals surface area contributed by atoms with Crippen molar-refractivity contribution in [1.29, 1.82) is 0 Å². The van der Waals surface area contributed by atoms with Gasteiger partial charge < -0.3 is 15.4 Å². The summed E-state index contributed by atoms with van der Waals surface area (Å²) in [7, 11) is 1.36. The number of nitrogens with zero attached hydrogens (tertiary/aromatic N) is 2. The van der Waals surface area contributed by atoms with Crippen molar-refractivity contribution in [3.63, 3.8) is 0 Å². The Bertz CT molecular complexity index is 644. The second kappa shape index (κ2) is 7.40. The molecule has 2 aromatic rings. The van der Waals surface area contributed by atoms with Crippen LogP contribution in [0.2, 0.25) is 0 Å². The maximum absolute atomic E-state index is 11.8. The highest BCUT2D eigenvalue weighted by Gasteiger charge is 2.11. The van der Waals surface area contributed by atoms with Crippen LogP contribution in [-0.2, 0) is 4.74 Å². The standard InChI is InChI=1S/C16H20N4O2/c1-11(2)10-18-16-17-9-8-14(20-16)19-13-7-5-4-6-12(13)15(21)22-3/h4-9,11H,10H2,1-3H3,(H2,17,18,19,20). The van der Waals surface area contributed by atoms with E-state index < -0.39 is 5.97 Å². The molecule has 0 unspecified atom stereocenters. The summed E-state index contributed by atoms with van der Waals surface area (Å²) in [5.74, 6) is 1.27. The lowest BCUT2D eigenvalue weighted by molar-refractivity contribution is 0.0602. The molecule has 0 aliphatic rings. The molecule has 0 saturated heterocycles. The Morgan fingerprint density at radius 1 is 1.27 bits per heavy atom. The van der Waals surface area contributed by atoms with Crippen LogP contribution < -0.4 is 10.6 Å². The van der Waals surface area contributed by atoms with Crippen molar-refractivity contribution < 1.29 is 9.53 Å². The first-order valence-corrected chi connectivity index (χ1v) is 7.11. The minimum atomic E-state index is -0.393. The van der Waals surface area contributed by atoms with Gasteiger partial charge in [0.25, 0.3) is 0 Å². The second-order valence-electron chi connectivity index (χ2n) is 5.20. The van der Waals surface area contributed by atoms with Gasteiger partial charge in [-0.3, -0.25) is 0 Å². The molecule has 0 fully saturated rings. The number of carbonyl (C=O) groups excluding carboxylic acids is 1. The lowest BCUT2D eigenvalue weighted by Crippen LogP contribution is -2.11. The molecule has 1 aromatic heterocycles. The van der Waals surface area contributed by atoms with E-state index in [4.69, 9.17) is 4.74 Å². The van der Waals surface area contributed by atoms with Crippen LogP contribution in [0.3, 0.4) is 0 Å². The number of ether oxygens (including phenoxy) is 1. The third-order valence-corrected chi connectivity index (χ3v) is 2.92. The van der Waals surface area contributed by atoms with Crippen molar-refractivity contribution in [2.75, 3.05) is 24.3 Å². The quantitative estimate of drug-likeness (QED) is 0.798. The van der Waals surface area contributed by atoms with E-state index in [1.54, 1.807) is 30.5 Å². The summed E-state index contributed by atoms with van der Waals surface area (Å²) in [4.78, 5) is 20.3. The van der Waals surface area contributed by atoms with Gasteiger partial charge in [-0.25, -0.2) is 9.78 Å². The molecule has 6 nitrogen and oxygen atoms in total. The fourth-order valence-corrected chi connectivity index (χ4v) is 1.83. The Morgan fingerprint density at radius 3 is 2.77 bits per heavy atom. The highest BCUT2D eigenvalue weighted by Crippen LogP contribution is 2.20. The number of esters is 1. The Kier molecular flexibility index (Phi) is 5.30. The van der Waals surface area contributed by atoms with E-state index in [0.717, 1.165) is 6.54 Å². The lowest BCUT2D eigenvalue weighted by atomic mass is 10.2. The third-order valence-electron chi connectivity index (χ3n) is 2.92. The van der Waals surface area contributed by atoms with Gasteiger partial charge >= 0.3 is 5.97 Å². The summed E-state index contributed by atoms with van der Waals surface area (Å²) in [6.45, 7) is 5.02. The number of rotatable bonds is 6. The van der Waals surface area contributed by atoms with Crippen molar-refractivity contribution in [3.05, 3.63) is 42.1 Å². The van der Waals surface area contributed by atoms with Crippen LogP contribution in [0.1, 0.15) is 24.2 Å². The van der Waals surface area contributed by atoms with Gasteiger partial charge in [-0.15, -0.1) is 0 Å². The predicted octanol–water partition coefficient (Wildman–Crippen LogP) is 3.07. The normalized spacial score (nSPS) is 10.4. The van der Waals surface area contributed by atoms with Crippen molar-refractivity contribution in [2.45, 2.75) is 13.8 Å². The minimum Gasteiger partial charge on any atom is -0.465 e. The number of aromatic nitrogens is 2. The molecule has 116 valence electrons. The molecular formula is C16H20N4O2. The van der Waals surface area contributed by atoms with E-state index in [1.165, 1.54) is 7.11 Å². The van der Waals surface area contributed by atoms with Crippen LogP contribution in [0.5, 0.6) is 0 Å². The molecular weight excluding hydrogens is 280 g/mol. The van der Waals surface area contributed by atoms with Gasteiger partial charge in [0.15, 0.2) is 0 Å². The van der Waals surface area contributed by atoms with Gasteiger partial charge in [0.05, 0.1) is 18.4 Å². The lowest BCUT2D eigenvalue weighted by Gasteiger charge is -2.11. The van der Waals surface area contributed by atoms with Crippen molar-refractivity contribution in [3.8, 4) is 0 Å².